The van der Waals surface area contributed by atoms with Gasteiger partial charge in [-0.3, -0.25) is 0 Å². The number of nitrogens with zero attached hydrogens (tertiary/aromatic N) is 3. The van der Waals surface area contributed by atoms with Gasteiger partial charge in [-0.05, 0) is 31.0 Å². The van der Waals surface area contributed by atoms with Gasteiger partial charge >= 0.3 is 0 Å². The summed E-state index contributed by atoms with van der Waals surface area (Å²) >= 11 is 6.05. The molecule has 1 aliphatic rings. The van der Waals surface area contributed by atoms with Crippen molar-refractivity contribution in [1.82, 2.24) is 9.97 Å². The Labute approximate surface area is 115 Å². The molecule has 0 radical (unpaired) electrons. The average Bonchev–Trinajstić information content (AvgIpc) is 3.05. The molecule has 1 fully saturated rings. The highest BCUT2D eigenvalue weighted by Crippen LogP contribution is 2.34. The number of aromatic nitrogens is 2. The topological polar surface area (TPSA) is 42.2 Å². The molecule has 0 atom stereocenters. The van der Waals surface area contributed by atoms with E-state index >= 15 is 0 Å². The van der Waals surface area contributed by atoms with E-state index in [0.29, 0.717) is 5.02 Å². The minimum Gasteiger partial charge on any atom is -0.450 e. The lowest BCUT2D eigenvalue weighted by Crippen LogP contribution is -2.19. The molecule has 0 unspecified atom stereocenters. The van der Waals surface area contributed by atoms with E-state index in [1.54, 1.807) is 6.33 Å². The fourth-order valence-electron chi connectivity index (χ4n) is 2.69. The van der Waals surface area contributed by atoms with Crippen LogP contribution in [0.15, 0.2) is 28.9 Å². The summed E-state index contributed by atoms with van der Waals surface area (Å²) in [6.45, 7) is 2.06. The van der Waals surface area contributed by atoms with Crippen molar-refractivity contribution < 1.29 is 4.42 Å². The van der Waals surface area contributed by atoms with Gasteiger partial charge in [0, 0.05) is 23.5 Å². The van der Waals surface area contributed by atoms with E-state index < -0.39 is 0 Å². The number of anilines is 1. The smallest absolute Gasteiger partial charge is 0.196 e. The highest BCUT2D eigenvalue weighted by Gasteiger charge is 2.20. The van der Waals surface area contributed by atoms with Crippen molar-refractivity contribution in [2.45, 2.75) is 12.8 Å². The van der Waals surface area contributed by atoms with Crippen LogP contribution in [0.4, 0.5) is 5.82 Å². The minimum atomic E-state index is 0.691. The van der Waals surface area contributed by atoms with Gasteiger partial charge in [-0.2, -0.15) is 0 Å². The van der Waals surface area contributed by atoms with Gasteiger partial charge in [0.1, 0.15) is 17.4 Å². The second-order valence-electron chi connectivity index (χ2n) is 4.81. The SMILES string of the molecule is Clc1ccc2oc3c(N4CCCC4)ncnc3c2c1. The predicted molar refractivity (Wildman–Crippen MR) is 75.8 cm³/mol. The number of fused-ring (bicyclic) bond motifs is 3. The Morgan fingerprint density at radius 1 is 1.16 bits per heavy atom. The van der Waals surface area contributed by atoms with Crippen LogP contribution < -0.4 is 4.90 Å². The summed E-state index contributed by atoms with van der Waals surface area (Å²) in [6, 6.07) is 5.60. The Morgan fingerprint density at radius 2 is 2.00 bits per heavy atom. The molecule has 4 rings (SSSR count). The summed E-state index contributed by atoms with van der Waals surface area (Å²) in [7, 11) is 0. The van der Waals surface area contributed by atoms with Gasteiger partial charge in [0.25, 0.3) is 0 Å². The average molecular weight is 274 g/mol. The summed E-state index contributed by atoms with van der Waals surface area (Å²) in [5.41, 5.74) is 2.41. The molecule has 3 heterocycles. The Balaban J connectivity index is 2.02. The van der Waals surface area contributed by atoms with Crippen LogP contribution >= 0.6 is 11.6 Å². The van der Waals surface area contributed by atoms with Crippen LogP contribution in [-0.2, 0) is 0 Å². The summed E-state index contributed by atoms with van der Waals surface area (Å²) in [5, 5.41) is 1.64. The molecule has 0 bridgehead atoms. The first-order chi connectivity index (χ1) is 9.33. The molecule has 1 saturated heterocycles. The third kappa shape index (κ3) is 1.67. The maximum Gasteiger partial charge on any atom is 0.196 e. The van der Waals surface area contributed by atoms with Crippen LogP contribution in [0.1, 0.15) is 12.8 Å². The lowest BCUT2D eigenvalue weighted by Gasteiger charge is -2.15. The molecule has 1 aromatic carbocycles. The lowest BCUT2D eigenvalue weighted by atomic mass is 10.2. The summed E-state index contributed by atoms with van der Waals surface area (Å²) < 4.78 is 5.93. The zero-order valence-corrected chi connectivity index (χ0v) is 11.0. The standard InChI is InChI=1S/C14H12ClN3O/c15-9-3-4-11-10(7-9)12-13(19-11)14(17-8-16-12)18-5-1-2-6-18/h3-4,7-8H,1-2,5-6H2. The summed E-state index contributed by atoms with van der Waals surface area (Å²) in [4.78, 5) is 11.0. The van der Waals surface area contributed by atoms with Crippen LogP contribution in [0, 0.1) is 0 Å². The van der Waals surface area contributed by atoms with Crippen molar-refractivity contribution in [2.75, 3.05) is 18.0 Å². The van der Waals surface area contributed by atoms with Gasteiger partial charge in [0.2, 0.25) is 0 Å². The van der Waals surface area contributed by atoms with E-state index in [1.807, 2.05) is 18.2 Å². The van der Waals surface area contributed by atoms with E-state index in [1.165, 1.54) is 12.8 Å². The predicted octanol–water partition coefficient (Wildman–Crippen LogP) is 3.63. The molecule has 0 amide bonds. The van der Waals surface area contributed by atoms with E-state index in [-0.39, 0.29) is 0 Å². The molecule has 2 aromatic heterocycles. The zero-order chi connectivity index (χ0) is 12.8. The van der Waals surface area contributed by atoms with Crippen molar-refractivity contribution in [3.63, 3.8) is 0 Å². The first kappa shape index (κ1) is 11.1. The van der Waals surface area contributed by atoms with Gasteiger partial charge in [0.05, 0.1) is 0 Å². The Morgan fingerprint density at radius 3 is 2.84 bits per heavy atom. The fraction of sp³-hybridized carbons (Fsp3) is 0.286. The summed E-state index contributed by atoms with van der Waals surface area (Å²) in [6.07, 6.45) is 4.01. The van der Waals surface area contributed by atoms with Gasteiger partial charge in [-0.25, -0.2) is 9.97 Å². The van der Waals surface area contributed by atoms with Gasteiger partial charge in [0.15, 0.2) is 11.4 Å². The number of hydrogen-bond acceptors (Lipinski definition) is 4. The van der Waals surface area contributed by atoms with Crippen LogP contribution in [0.5, 0.6) is 0 Å². The first-order valence-corrected chi connectivity index (χ1v) is 6.78. The Hall–Kier alpha value is -1.81. The molecule has 96 valence electrons. The van der Waals surface area contributed by atoms with Crippen molar-refractivity contribution in [3.8, 4) is 0 Å². The number of hydrogen-bond donors (Lipinski definition) is 0. The number of halogens is 1. The number of benzene rings is 1. The number of rotatable bonds is 1. The molecule has 3 aromatic rings. The molecular weight excluding hydrogens is 262 g/mol. The second kappa shape index (κ2) is 4.10. The zero-order valence-electron chi connectivity index (χ0n) is 10.3. The van der Waals surface area contributed by atoms with Crippen molar-refractivity contribution in [2.24, 2.45) is 0 Å². The highest BCUT2D eigenvalue weighted by molar-refractivity contribution is 6.31. The van der Waals surface area contributed by atoms with Gasteiger partial charge < -0.3 is 9.32 Å². The second-order valence-corrected chi connectivity index (χ2v) is 5.25. The number of furan rings is 1. The van der Waals surface area contributed by atoms with E-state index in [2.05, 4.69) is 14.9 Å². The van der Waals surface area contributed by atoms with Gasteiger partial charge in [-0.1, -0.05) is 11.6 Å². The lowest BCUT2D eigenvalue weighted by molar-refractivity contribution is 0.663. The molecule has 19 heavy (non-hydrogen) atoms. The molecule has 0 spiro atoms. The quantitative estimate of drug-likeness (QED) is 0.679. The third-order valence-electron chi connectivity index (χ3n) is 3.60. The van der Waals surface area contributed by atoms with E-state index in [9.17, 15) is 0 Å². The largest absolute Gasteiger partial charge is 0.450 e. The minimum absolute atomic E-state index is 0.691. The Kier molecular flexibility index (Phi) is 2.38. The maximum atomic E-state index is 6.05. The molecular formula is C14H12ClN3O. The van der Waals surface area contributed by atoms with Gasteiger partial charge in [-0.15, -0.1) is 0 Å². The molecule has 5 heteroatoms. The van der Waals surface area contributed by atoms with Crippen LogP contribution in [0.3, 0.4) is 0 Å². The van der Waals surface area contributed by atoms with E-state index in [0.717, 1.165) is 41.0 Å². The molecule has 0 N–H and O–H groups in total. The van der Waals surface area contributed by atoms with Crippen LogP contribution in [-0.4, -0.2) is 23.1 Å². The fourth-order valence-corrected chi connectivity index (χ4v) is 2.86. The molecule has 0 saturated carbocycles. The maximum absolute atomic E-state index is 6.05. The molecule has 0 aliphatic carbocycles. The third-order valence-corrected chi connectivity index (χ3v) is 3.83. The monoisotopic (exact) mass is 273 g/mol. The van der Waals surface area contributed by atoms with E-state index in [4.69, 9.17) is 16.0 Å². The Bertz CT molecular complexity index is 762. The van der Waals surface area contributed by atoms with Crippen molar-refractivity contribution in [3.05, 3.63) is 29.5 Å². The van der Waals surface area contributed by atoms with Crippen molar-refractivity contribution in [1.29, 1.82) is 0 Å². The molecule has 4 nitrogen and oxygen atoms in total. The van der Waals surface area contributed by atoms with Crippen LogP contribution in [0.2, 0.25) is 5.02 Å². The summed E-state index contributed by atoms with van der Waals surface area (Å²) in [5.74, 6) is 0.898. The normalized spacial score (nSPS) is 15.7. The first-order valence-electron chi connectivity index (χ1n) is 6.40. The highest BCUT2D eigenvalue weighted by atomic mass is 35.5. The molecule has 1 aliphatic heterocycles. The van der Waals surface area contributed by atoms with Crippen molar-refractivity contribution >= 4 is 39.5 Å². The van der Waals surface area contributed by atoms with Crippen LogP contribution in [0.25, 0.3) is 22.1 Å².